The Morgan fingerprint density at radius 3 is 2.38 bits per heavy atom. The van der Waals surface area contributed by atoms with Gasteiger partial charge in [-0.15, -0.1) is 0 Å². The standard InChI is InChI=1S/C11H11ClO4/c12-6-2-3-7(13)9(14)8(6)11(10(15)16)4-1-5-11/h2-3,13-14H,1,4-5H2,(H,15,16). The molecular formula is C11H11ClO4. The molecule has 1 aliphatic carbocycles. The van der Waals surface area contributed by atoms with Gasteiger partial charge in [-0.1, -0.05) is 18.0 Å². The van der Waals surface area contributed by atoms with E-state index in [4.69, 9.17) is 11.6 Å². The van der Waals surface area contributed by atoms with Crippen molar-refractivity contribution in [2.24, 2.45) is 0 Å². The number of phenols is 2. The second-order valence-corrected chi connectivity index (χ2v) is 4.44. The van der Waals surface area contributed by atoms with E-state index in [9.17, 15) is 20.1 Å². The van der Waals surface area contributed by atoms with E-state index in [2.05, 4.69) is 0 Å². The molecule has 1 aliphatic rings. The molecule has 16 heavy (non-hydrogen) atoms. The quantitative estimate of drug-likeness (QED) is 0.695. The van der Waals surface area contributed by atoms with E-state index in [0.717, 1.165) is 6.42 Å². The molecule has 0 spiro atoms. The molecule has 0 unspecified atom stereocenters. The zero-order valence-corrected chi connectivity index (χ0v) is 9.16. The van der Waals surface area contributed by atoms with E-state index in [0.29, 0.717) is 12.8 Å². The minimum absolute atomic E-state index is 0.132. The summed E-state index contributed by atoms with van der Waals surface area (Å²) in [6.45, 7) is 0. The summed E-state index contributed by atoms with van der Waals surface area (Å²) in [5, 5.41) is 28.5. The first-order valence-electron chi connectivity index (χ1n) is 4.93. The summed E-state index contributed by atoms with van der Waals surface area (Å²) >= 11 is 5.91. The van der Waals surface area contributed by atoms with Crippen molar-refractivity contribution in [1.29, 1.82) is 0 Å². The second kappa shape index (κ2) is 3.56. The number of carboxylic acids is 1. The molecule has 0 saturated heterocycles. The summed E-state index contributed by atoms with van der Waals surface area (Å²) in [5.41, 5.74) is -1.01. The summed E-state index contributed by atoms with van der Waals surface area (Å²) in [6, 6.07) is 2.64. The van der Waals surface area contributed by atoms with E-state index in [1.807, 2.05) is 0 Å². The van der Waals surface area contributed by atoms with Crippen LogP contribution >= 0.6 is 11.6 Å². The van der Waals surface area contributed by atoms with Crippen molar-refractivity contribution in [1.82, 2.24) is 0 Å². The van der Waals surface area contributed by atoms with Gasteiger partial charge < -0.3 is 15.3 Å². The number of hydrogen-bond acceptors (Lipinski definition) is 3. The number of rotatable bonds is 2. The fourth-order valence-corrected chi connectivity index (χ4v) is 2.45. The van der Waals surface area contributed by atoms with Crippen LogP contribution in [0.25, 0.3) is 0 Å². The van der Waals surface area contributed by atoms with E-state index >= 15 is 0 Å². The smallest absolute Gasteiger partial charge is 0.314 e. The SMILES string of the molecule is O=C(O)C1(c2c(Cl)ccc(O)c2O)CCC1. The lowest BCUT2D eigenvalue weighted by Crippen LogP contribution is -2.42. The largest absolute Gasteiger partial charge is 0.504 e. The second-order valence-electron chi connectivity index (χ2n) is 4.03. The molecule has 3 N–H and O–H groups in total. The predicted molar refractivity (Wildman–Crippen MR) is 57.9 cm³/mol. The Bertz CT molecular complexity index is 452. The topological polar surface area (TPSA) is 77.8 Å². The molecule has 0 aromatic heterocycles. The Labute approximate surface area is 97.1 Å². The lowest BCUT2D eigenvalue weighted by atomic mass is 9.64. The molecule has 0 bridgehead atoms. The summed E-state index contributed by atoms with van der Waals surface area (Å²) in [5.74, 6) is -1.77. The number of hydrogen-bond donors (Lipinski definition) is 3. The minimum atomic E-state index is -1.14. The van der Waals surface area contributed by atoms with Crippen molar-refractivity contribution in [2.45, 2.75) is 24.7 Å². The van der Waals surface area contributed by atoms with Crippen molar-refractivity contribution < 1.29 is 20.1 Å². The zero-order chi connectivity index (χ0) is 11.9. The predicted octanol–water partition coefficient (Wildman–Crippen LogP) is 2.26. The Balaban J connectivity index is 2.63. The van der Waals surface area contributed by atoms with Gasteiger partial charge in [0.15, 0.2) is 11.5 Å². The Kier molecular flexibility index (Phi) is 2.46. The highest BCUT2D eigenvalue weighted by atomic mass is 35.5. The lowest BCUT2D eigenvalue weighted by Gasteiger charge is -2.38. The van der Waals surface area contributed by atoms with Crippen LogP contribution in [0.3, 0.4) is 0 Å². The third-order valence-electron chi connectivity index (χ3n) is 3.20. The maximum absolute atomic E-state index is 11.3. The van der Waals surface area contributed by atoms with Gasteiger partial charge in [-0.3, -0.25) is 4.79 Å². The van der Waals surface area contributed by atoms with Crippen molar-refractivity contribution in [3.8, 4) is 11.5 Å². The van der Waals surface area contributed by atoms with Crippen molar-refractivity contribution in [3.05, 3.63) is 22.7 Å². The average molecular weight is 243 g/mol. The highest BCUT2D eigenvalue weighted by Gasteiger charge is 2.49. The maximum atomic E-state index is 11.3. The molecule has 1 saturated carbocycles. The van der Waals surface area contributed by atoms with Crippen LogP contribution in [-0.4, -0.2) is 21.3 Å². The van der Waals surface area contributed by atoms with E-state index in [1.54, 1.807) is 0 Å². The first-order valence-corrected chi connectivity index (χ1v) is 5.31. The molecule has 0 radical (unpaired) electrons. The molecule has 1 fully saturated rings. The van der Waals surface area contributed by atoms with Crippen LogP contribution in [0, 0.1) is 0 Å². The van der Waals surface area contributed by atoms with E-state index in [-0.39, 0.29) is 16.3 Å². The molecule has 86 valence electrons. The summed E-state index contributed by atoms with van der Waals surface area (Å²) in [6.07, 6.45) is 1.63. The molecule has 0 atom stereocenters. The Hall–Kier alpha value is -1.42. The third-order valence-corrected chi connectivity index (χ3v) is 3.52. The van der Waals surface area contributed by atoms with Crippen LogP contribution < -0.4 is 0 Å². The number of halogens is 1. The first-order chi connectivity index (χ1) is 7.49. The molecule has 0 amide bonds. The van der Waals surface area contributed by atoms with Crippen molar-refractivity contribution >= 4 is 17.6 Å². The van der Waals surface area contributed by atoms with Gasteiger partial charge in [0.1, 0.15) is 0 Å². The number of aromatic hydroxyl groups is 2. The molecule has 2 rings (SSSR count). The van der Waals surface area contributed by atoms with Gasteiger partial charge in [-0.25, -0.2) is 0 Å². The molecule has 0 aliphatic heterocycles. The lowest BCUT2D eigenvalue weighted by molar-refractivity contribution is -0.147. The summed E-state index contributed by atoms with van der Waals surface area (Å²) in [7, 11) is 0. The van der Waals surface area contributed by atoms with Crippen LogP contribution in [0.1, 0.15) is 24.8 Å². The first kappa shape index (κ1) is 11.1. The number of benzene rings is 1. The fraction of sp³-hybridized carbons (Fsp3) is 0.364. The Morgan fingerprint density at radius 1 is 1.31 bits per heavy atom. The van der Waals surface area contributed by atoms with Gasteiger partial charge in [0.2, 0.25) is 0 Å². The number of carbonyl (C=O) groups is 1. The van der Waals surface area contributed by atoms with E-state index < -0.39 is 17.1 Å². The van der Waals surface area contributed by atoms with Gasteiger partial charge >= 0.3 is 5.97 Å². The van der Waals surface area contributed by atoms with Crippen LogP contribution in [0.5, 0.6) is 11.5 Å². The fourth-order valence-electron chi connectivity index (χ4n) is 2.11. The summed E-state index contributed by atoms with van der Waals surface area (Å²) < 4.78 is 0. The van der Waals surface area contributed by atoms with Gasteiger partial charge in [0.25, 0.3) is 0 Å². The highest BCUT2D eigenvalue weighted by molar-refractivity contribution is 6.32. The number of aliphatic carboxylic acids is 1. The van der Waals surface area contributed by atoms with E-state index in [1.165, 1.54) is 12.1 Å². The molecule has 0 heterocycles. The monoisotopic (exact) mass is 242 g/mol. The van der Waals surface area contributed by atoms with Crippen LogP contribution in [-0.2, 0) is 10.2 Å². The van der Waals surface area contributed by atoms with Gasteiger partial charge in [-0.2, -0.15) is 0 Å². The average Bonchev–Trinajstić information content (AvgIpc) is 2.15. The van der Waals surface area contributed by atoms with Crippen LogP contribution in [0.15, 0.2) is 12.1 Å². The molecule has 1 aromatic carbocycles. The van der Waals surface area contributed by atoms with Crippen LogP contribution in [0.2, 0.25) is 5.02 Å². The molecular weight excluding hydrogens is 232 g/mol. The van der Waals surface area contributed by atoms with Gasteiger partial charge in [0, 0.05) is 10.6 Å². The van der Waals surface area contributed by atoms with Gasteiger partial charge in [0.05, 0.1) is 5.41 Å². The number of phenolic OH excluding ortho intramolecular Hbond substituents is 2. The normalized spacial score (nSPS) is 17.8. The van der Waals surface area contributed by atoms with Crippen molar-refractivity contribution in [3.63, 3.8) is 0 Å². The summed E-state index contributed by atoms with van der Waals surface area (Å²) in [4.78, 5) is 11.3. The minimum Gasteiger partial charge on any atom is -0.504 e. The molecule has 4 nitrogen and oxygen atoms in total. The number of carboxylic acid groups (broad SMARTS) is 1. The van der Waals surface area contributed by atoms with Crippen LogP contribution in [0.4, 0.5) is 0 Å². The maximum Gasteiger partial charge on any atom is 0.314 e. The highest BCUT2D eigenvalue weighted by Crippen LogP contribution is 2.51. The Morgan fingerprint density at radius 2 is 1.94 bits per heavy atom. The zero-order valence-electron chi connectivity index (χ0n) is 8.40. The molecule has 5 heteroatoms. The van der Waals surface area contributed by atoms with Gasteiger partial charge in [-0.05, 0) is 25.0 Å². The van der Waals surface area contributed by atoms with Crippen molar-refractivity contribution in [2.75, 3.05) is 0 Å². The third kappa shape index (κ3) is 1.33. The molecule has 1 aromatic rings.